The Morgan fingerprint density at radius 3 is 2.40 bits per heavy atom. The molecule has 3 fully saturated rings. The number of nitrogens with zero attached hydrogens (tertiary/aromatic N) is 3. The van der Waals surface area contributed by atoms with E-state index in [-0.39, 0.29) is 6.10 Å². The van der Waals surface area contributed by atoms with Crippen molar-refractivity contribution in [2.24, 2.45) is 0 Å². The first-order valence-electron chi connectivity index (χ1n) is 12.4. The van der Waals surface area contributed by atoms with Crippen molar-refractivity contribution in [3.63, 3.8) is 0 Å². The first-order chi connectivity index (χ1) is 17.2. The number of benzene rings is 1. The molecule has 2 aliphatic heterocycles. The molecule has 8 nitrogen and oxygen atoms in total. The van der Waals surface area contributed by atoms with E-state index >= 15 is 0 Å². The molecule has 0 unspecified atom stereocenters. The lowest BCUT2D eigenvalue weighted by Gasteiger charge is -2.35. The Labute approximate surface area is 209 Å². The average molecular weight is 497 g/mol. The Morgan fingerprint density at radius 1 is 0.914 bits per heavy atom. The average Bonchev–Trinajstić information content (AvgIpc) is 3.35. The number of hydrogen-bond acceptors (Lipinski definition) is 8. The van der Waals surface area contributed by atoms with E-state index in [9.17, 15) is 0 Å². The van der Waals surface area contributed by atoms with Gasteiger partial charge in [-0.05, 0) is 43.0 Å². The molecule has 1 aromatic carbocycles. The monoisotopic (exact) mass is 496 g/mol. The molecule has 1 saturated carbocycles. The molecule has 0 bridgehead atoms. The minimum absolute atomic E-state index is 0.0865. The molecule has 1 aliphatic carbocycles. The molecule has 0 atom stereocenters. The maximum Gasteiger partial charge on any atom is 0.227 e. The van der Waals surface area contributed by atoms with Crippen LogP contribution in [-0.2, 0) is 14.2 Å². The Kier molecular flexibility index (Phi) is 6.45. The highest BCUT2D eigenvalue weighted by Gasteiger charge is 2.41. The van der Waals surface area contributed by atoms with Gasteiger partial charge in [0.25, 0.3) is 0 Å². The van der Waals surface area contributed by atoms with Crippen LogP contribution in [0.5, 0.6) is 5.88 Å². The highest BCUT2D eigenvalue weighted by Crippen LogP contribution is 2.44. The molecular formula is C26H29ClN4O4. The Balaban J connectivity index is 1.32. The number of pyridine rings is 1. The van der Waals surface area contributed by atoms with Gasteiger partial charge in [0.2, 0.25) is 11.8 Å². The van der Waals surface area contributed by atoms with Gasteiger partial charge in [-0.15, -0.1) is 0 Å². The molecule has 1 N–H and O–H groups in total. The first kappa shape index (κ1) is 22.9. The largest absolute Gasteiger partial charge is 0.474 e. The minimum atomic E-state index is -0.401. The summed E-state index contributed by atoms with van der Waals surface area (Å²) in [7, 11) is 0. The number of halogens is 1. The van der Waals surface area contributed by atoms with E-state index in [0.29, 0.717) is 49.2 Å². The summed E-state index contributed by atoms with van der Waals surface area (Å²) in [4.78, 5) is 14.3. The number of anilines is 2. The lowest BCUT2D eigenvalue weighted by molar-refractivity contribution is -0.178. The number of fused-ring (bicyclic) bond motifs is 1. The van der Waals surface area contributed by atoms with Crippen LogP contribution in [0, 0.1) is 0 Å². The van der Waals surface area contributed by atoms with E-state index in [1.165, 1.54) is 0 Å². The zero-order valence-electron chi connectivity index (χ0n) is 19.5. The molecule has 2 aromatic heterocycles. The number of nitrogens with one attached hydrogen (secondary N) is 1. The number of aromatic nitrogens is 3. The molecule has 9 heteroatoms. The van der Waals surface area contributed by atoms with E-state index < -0.39 is 5.79 Å². The fourth-order valence-corrected chi connectivity index (χ4v) is 5.36. The second-order valence-corrected chi connectivity index (χ2v) is 9.85. The van der Waals surface area contributed by atoms with Crippen molar-refractivity contribution in [1.82, 2.24) is 15.0 Å². The smallest absolute Gasteiger partial charge is 0.227 e. The zero-order valence-corrected chi connectivity index (χ0v) is 20.3. The molecule has 3 aromatic rings. The predicted octanol–water partition coefficient (Wildman–Crippen LogP) is 5.38. The summed E-state index contributed by atoms with van der Waals surface area (Å²) in [5, 5.41) is 4.82. The van der Waals surface area contributed by atoms with E-state index in [1.54, 1.807) is 0 Å². The first-order valence-corrected chi connectivity index (χ1v) is 12.8. The maximum absolute atomic E-state index is 6.31. The van der Waals surface area contributed by atoms with Gasteiger partial charge in [0.15, 0.2) is 5.79 Å². The third kappa shape index (κ3) is 4.93. The highest BCUT2D eigenvalue weighted by molar-refractivity contribution is 6.30. The van der Waals surface area contributed by atoms with Gasteiger partial charge in [0.05, 0.1) is 37.3 Å². The van der Waals surface area contributed by atoms with E-state index in [4.69, 9.17) is 40.5 Å². The molecule has 184 valence electrons. The van der Waals surface area contributed by atoms with Crippen LogP contribution < -0.4 is 10.1 Å². The SMILES string of the molecule is Clc1ccc(Nc2ncc3c(OC4CCOCC4)ncc(C4CCC5(CC4)OCCO5)c3n2)cc1. The third-order valence-electron chi connectivity index (χ3n) is 7.16. The molecular weight excluding hydrogens is 468 g/mol. The summed E-state index contributed by atoms with van der Waals surface area (Å²) in [6, 6.07) is 7.49. The van der Waals surface area contributed by atoms with Crippen molar-refractivity contribution in [3.05, 3.63) is 47.2 Å². The summed E-state index contributed by atoms with van der Waals surface area (Å²) in [6.45, 7) is 2.78. The van der Waals surface area contributed by atoms with Gasteiger partial charge in [-0.3, -0.25) is 0 Å². The maximum atomic E-state index is 6.31. The molecule has 1 spiro atoms. The molecule has 4 heterocycles. The van der Waals surface area contributed by atoms with Crippen LogP contribution in [0.2, 0.25) is 5.02 Å². The molecule has 0 amide bonds. The zero-order chi connectivity index (χ0) is 23.7. The van der Waals surface area contributed by atoms with Crippen molar-refractivity contribution >= 4 is 34.1 Å². The molecule has 6 rings (SSSR count). The van der Waals surface area contributed by atoms with Crippen LogP contribution in [0.15, 0.2) is 36.7 Å². The van der Waals surface area contributed by atoms with Gasteiger partial charge >= 0.3 is 0 Å². The minimum Gasteiger partial charge on any atom is -0.474 e. The molecule has 0 radical (unpaired) electrons. The summed E-state index contributed by atoms with van der Waals surface area (Å²) in [5.41, 5.74) is 2.87. The van der Waals surface area contributed by atoms with Gasteiger partial charge in [-0.1, -0.05) is 11.6 Å². The molecule has 3 aliphatic rings. The second kappa shape index (κ2) is 9.85. The van der Waals surface area contributed by atoms with Crippen molar-refractivity contribution in [3.8, 4) is 5.88 Å². The lowest BCUT2D eigenvalue weighted by atomic mass is 9.81. The van der Waals surface area contributed by atoms with Gasteiger partial charge in [0.1, 0.15) is 6.10 Å². The van der Waals surface area contributed by atoms with Crippen molar-refractivity contribution in [2.45, 2.75) is 56.3 Å². The van der Waals surface area contributed by atoms with E-state index in [0.717, 1.165) is 60.7 Å². The van der Waals surface area contributed by atoms with Crippen molar-refractivity contribution in [1.29, 1.82) is 0 Å². The van der Waals surface area contributed by atoms with Crippen molar-refractivity contribution in [2.75, 3.05) is 31.7 Å². The van der Waals surface area contributed by atoms with Gasteiger partial charge in [-0.25, -0.2) is 15.0 Å². The Hall–Kier alpha value is -2.52. The predicted molar refractivity (Wildman–Crippen MR) is 132 cm³/mol. The van der Waals surface area contributed by atoms with Crippen LogP contribution in [-0.4, -0.2) is 53.3 Å². The highest BCUT2D eigenvalue weighted by atomic mass is 35.5. The second-order valence-electron chi connectivity index (χ2n) is 9.42. The summed E-state index contributed by atoms with van der Waals surface area (Å²) >= 11 is 6.04. The van der Waals surface area contributed by atoms with Crippen LogP contribution in [0.1, 0.15) is 50.0 Å². The fourth-order valence-electron chi connectivity index (χ4n) is 5.24. The number of ether oxygens (including phenoxy) is 4. The fraction of sp³-hybridized carbons (Fsp3) is 0.500. The summed E-state index contributed by atoms with van der Waals surface area (Å²) in [6.07, 6.45) is 9.22. The third-order valence-corrected chi connectivity index (χ3v) is 7.41. The molecule has 35 heavy (non-hydrogen) atoms. The Bertz CT molecular complexity index is 1170. The van der Waals surface area contributed by atoms with Gasteiger partial charge in [0, 0.05) is 54.4 Å². The van der Waals surface area contributed by atoms with Crippen molar-refractivity contribution < 1.29 is 18.9 Å². The quantitative estimate of drug-likeness (QED) is 0.503. The van der Waals surface area contributed by atoms with Crippen LogP contribution >= 0.6 is 11.6 Å². The summed E-state index contributed by atoms with van der Waals surface area (Å²) in [5.74, 6) is 1.03. The summed E-state index contributed by atoms with van der Waals surface area (Å²) < 4.78 is 23.7. The van der Waals surface area contributed by atoms with Crippen LogP contribution in [0.25, 0.3) is 10.9 Å². The van der Waals surface area contributed by atoms with E-state index in [2.05, 4.69) is 10.3 Å². The lowest BCUT2D eigenvalue weighted by Crippen LogP contribution is -2.34. The van der Waals surface area contributed by atoms with Gasteiger partial charge in [-0.2, -0.15) is 0 Å². The van der Waals surface area contributed by atoms with Crippen LogP contribution in [0.4, 0.5) is 11.6 Å². The number of rotatable bonds is 5. The topological polar surface area (TPSA) is 87.6 Å². The van der Waals surface area contributed by atoms with E-state index in [1.807, 2.05) is 36.7 Å². The van der Waals surface area contributed by atoms with Crippen LogP contribution in [0.3, 0.4) is 0 Å². The Morgan fingerprint density at radius 2 is 1.66 bits per heavy atom. The standard InChI is InChI=1S/C26H29ClN4O4/c27-18-1-3-19(4-2-18)30-25-29-16-22-23(31-25)21(15-28-24(22)35-20-7-11-32-12-8-20)17-5-9-26(10-6-17)33-13-14-34-26/h1-4,15-17,20H,5-14H2,(H,29,30,31). The normalized spacial score (nSPS) is 20.9. The van der Waals surface area contributed by atoms with Gasteiger partial charge < -0.3 is 24.3 Å². The molecule has 2 saturated heterocycles. The number of hydrogen-bond donors (Lipinski definition) is 1.